The first-order valence-electron chi connectivity index (χ1n) is 12.3. The van der Waals surface area contributed by atoms with Gasteiger partial charge in [-0.15, -0.1) is 11.8 Å². The first-order chi connectivity index (χ1) is 17.0. The van der Waals surface area contributed by atoms with Gasteiger partial charge in [-0.25, -0.2) is 9.59 Å². The monoisotopic (exact) mass is 494 g/mol. The van der Waals surface area contributed by atoms with E-state index in [9.17, 15) is 19.5 Å². The van der Waals surface area contributed by atoms with E-state index in [4.69, 9.17) is 4.74 Å². The normalized spacial score (nSPS) is 20.9. The molecule has 2 atom stereocenters. The van der Waals surface area contributed by atoms with Gasteiger partial charge in [-0.2, -0.15) is 0 Å². The van der Waals surface area contributed by atoms with Crippen LogP contribution in [0.4, 0.5) is 4.79 Å². The molecule has 2 unspecified atom stereocenters. The number of alkyl carbamates (subject to hydrolysis) is 1. The molecule has 0 radical (unpaired) electrons. The van der Waals surface area contributed by atoms with Gasteiger partial charge in [-0.3, -0.25) is 4.79 Å². The summed E-state index contributed by atoms with van der Waals surface area (Å²) >= 11 is 1.59. The summed E-state index contributed by atoms with van der Waals surface area (Å²) in [5.41, 5.74) is 4.72. The van der Waals surface area contributed by atoms with Crippen LogP contribution >= 0.6 is 11.8 Å². The maximum absolute atomic E-state index is 12.8. The van der Waals surface area contributed by atoms with Crippen LogP contribution in [-0.4, -0.2) is 58.3 Å². The predicted molar refractivity (Wildman–Crippen MR) is 134 cm³/mol. The Labute approximate surface area is 209 Å². The van der Waals surface area contributed by atoms with Crippen LogP contribution in [0.3, 0.4) is 0 Å². The summed E-state index contributed by atoms with van der Waals surface area (Å²) < 4.78 is 5.54. The summed E-state index contributed by atoms with van der Waals surface area (Å²) in [4.78, 5) is 38.3. The molecule has 0 spiro atoms. The summed E-state index contributed by atoms with van der Waals surface area (Å²) in [5, 5.41) is 12.3. The van der Waals surface area contributed by atoms with Gasteiger partial charge in [-0.1, -0.05) is 48.5 Å². The van der Waals surface area contributed by atoms with Gasteiger partial charge in [0, 0.05) is 24.6 Å². The van der Waals surface area contributed by atoms with Gasteiger partial charge >= 0.3 is 12.1 Å². The minimum Gasteiger partial charge on any atom is -0.480 e. The number of hydrogen-bond donors (Lipinski definition) is 2. The lowest BCUT2D eigenvalue weighted by atomic mass is 9.98. The number of thioether (sulfide) groups is 1. The Balaban J connectivity index is 1.05. The quantitative estimate of drug-likeness (QED) is 0.500. The molecule has 5 rings (SSSR count). The summed E-state index contributed by atoms with van der Waals surface area (Å²) in [6.45, 7) is 0.678. The van der Waals surface area contributed by atoms with Crippen molar-refractivity contribution in [2.24, 2.45) is 5.92 Å². The van der Waals surface area contributed by atoms with Crippen LogP contribution in [0.25, 0.3) is 11.1 Å². The van der Waals surface area contributed by atoms with E-state index in [0.29, 0.717) is 37.5 Å². The highest BCUT2D eigenvalue weighted by Crippen LogP contribution is 2.46. The zero-order chi connectivity index (χ0) is 24.4. The van der Waals surface area contributed by atoms with Gasteiger partial charge in [0.1, 0.15) is 12.6 Å². The SMILES string of the molecule is O=C(NCCCCC(=O)N1C(C(=O)O)CSC1C1CC1)OCC1c2ccccc2-c2ccccc21. The van der Waals surface area contributed by atoms with Gasteiger partial charge in [0.25, 0.3) is 0 Å². The topological polar surface area (TPSA) is 95.9 Å². The molecule has 1 saturated carbocycles. The largest absolute Gasteiger partial charge is 0.480 e. The fraction of sp³-hybridized carbons (Fsp3) is 0.444. The molecule has 2 aromatic carbocycles. The van der Waals surface area contributed by atoms with E-state index < -0.39 is 18.1 Å². The predicted octanol–water partition coefficient (Wildman–Crippen LogP) is 4.46. The summed E-state index contributed by atoms with van der Waals surface area (Å²) in [6, 6.07) is 15.7. The van der Waals surface area contributed by atoms with E-state index in [-0.39, 0.29) is 23.8 Å². The fourth-order valence-corrected chi connectivity index (χ4v) is 6.80. The lowest BCUT2D eigenvalue weighted by Gasteiger charge is -2.27. The molecule has 0 bridgehead atoms. The number of nitrogens with zero attached hydrogens (tertiary/aromatic N) is 1. The van der Waals surface area contributed by atoms with Crippen molar-refractivity contribution in [3.05, 3.63) is 59.7 Å². The Kier molecular flexibility index (Phi) is 7.00. The number of carboxylic acid groups (broad SMARTS) is 1. The van der Waals surface area contributed by atoms with Gasteiger partial charge < -0.3 is 20.1 Å². The molecule has 2 N–H and O–H groups in total. The maximum atomic E-state index is 12.8. The third kappa shape index (κ3) is 5.03. The second-order valence-electron chi connectivity index (χ2n) is 9.43. The van der Waals surface area contributed by atoms with Crippen molar-refractivity contribution in [3.8, 4) is 11.1 Å². The van der Waals surface area contributed by atoms with Crippen molar-refractivity contribution in [1.29, 1.82) is 0 Å². The number of rotatable bonds is 9. The number of aliphatic carboxylic acids is 1. The van der Waals surface area contributed by atoms with E-state index in [0.717, 1.165) is 12.8 Å². The zero-order valence-corrected chi connectivity index (χ0v) is 20.3. The van der Waals surface area contributed by atoms with Crippen LogP contribution in [0.15, 0.2) is 48.5 Å². The van der Waals surface area contributed by atoms with Crippen LogP contribution in [0.5, 0.6) is 0 Å². The maximum Gasteiger partial charge on any atom is 0.407 e. The number of carbonyl (C=O) groups is 3. The smallest absolute Gasteiger partial charge is 0.407 e. The second kappa shape index (κ2) is 10.3. The number of benzene rings is 2. The number of hydrogen-bond acceptors (Lipinski definition) is 5. The van der Waals surface area contributed by atoms with Crippen LogP contribution in [0.2, 0.25) is 0 Å². The first kappa shape index (κ1) is 23.7. The summed E-state index contributed by atoms with van der Waals surface area (Å²) in [7, 11) is 0. The first-order valence-corrected chi connectivity index (χ1v) is 13.3. The average Bonchev–Trinajstić information content (AvgIpc) is 3.52. The highest BCUT2D eigenvalue weighted by atomic mass is 32.2. The Morgan fingerprint density at radius 1 is 1.00 bits per heavy atom. The van der Waals surface area contributed by atoms with Gasteiger partial charge in [0.15, 0.2) is 0 Å². The average molecular weight is 495 g/mol. The number of unbranched alkanes of at least 4 members (excludes halogenated alkanes) is 1. The molecule has 2 aromatic rings. The summed E-state index contributed by atoms with van der Waals surface area (Å²) in [6.07, 6.45) is 3.18. The minimum atomic E-state index is -0.925. The van der Waals surface area contributed by atoms with Crippen LogP contribution in [0.1, 0.15) is 49.1 Å². The molecule has 2 amide bonds. The second-order valence-corrected chi connectivity index (χ2v) is 10.6. The van der Waals surface area contributed by atoms with E-state index in [1.165, 1.54) is 22.3 Å². The highest BCUT2D eigenvalue weighted by Gasteiger charge is 2.47. The molecule has 0 aromatic heterocycles. The number of carbonyl (C=O) groups excluding carboxylic acids is 2. The number of carboxylic acids is 1. The summed E-state index contributed by atoms with van der Waals surface area (Å²) in [5.74, 6) is -0.105. The zero-order valence-electron chi connectivity index (χ0n) is 19.5. The Morgan fingerprint density at radius 2 is 1.66 bits per heavy atom. The molecule has 184 valence electrons. The van der Waals surface area contributed by atoms with Gasteiger partial charge in [0.05, 0.1) is 5.37 Å². The molecule has 2 fully saturated rings. The molecule has 1 heterocycles. The van der Waals surface area contributed by atoms with E-state index >= 15 is 0 Å². The molecule has 7 nitrogen and oxygen atoms in total. The molecule has 1 saturated heterocycles. The molecule has 3 aliphatic rings. The number of amides is 2. The molecule has 8 heteroatoms. The van der Waals surface area contributed by atoms with Gasteiger partial charge in [-0.05, 0) is 53.9 Å². The molecule has 2 aliphatic carbocycles. The molecular formula is C27H30N2O5S. The van der Waals surface area contributed by atoms with Crippen molar-refractivity contribution in [2.75, 3.05) is 18.9 Å². The van der Waals surface area contributed by atoms with Crippen LogP contribution in [0, 0.1) is 5.92 Å². The fourth-order valence-electron chi connectivity index (χ4n) is 5.15. The van der Waals surface area contributed by atoms with Crippen molar-refractivity contribution in [2.45, 2.75) is 49.4 Å². The third-order valence-electron chi connectivity index (χ3n) is 7.06. The lowest BCUT2D eigenvalue weighted by Crippen LogP contribution is -2.46. The standard InChI is InChI=1S/C27H30N2O5S/c30-24(29-23(26(31)32)16-35-25(29)17-12-13-17)11-5-6-14-28-27(33)34-15-22-20-9-3-1-7-18(20)19-8-2-4-10-21(19)22/h1-4,7-10,17,22-23,25H,5-6,11-16H2,(H,28,33)(H,31,32). The van der Waals surface area contributed by atoms with Crippen molar-refractivity contribution in [3.63, 3.8) is 0 Å². The van der Waals surface area contributed by atoms with E-state index in [1.807, 2.05) is 24.3 Å². The molecule has 1 aliphatic heterocycles. The van der Waals surface area contributed by atoms with Crippen molar-refractivity contribution in [1.82, 2.24) is 10.2 Å². The highest BCUT2D eigenvalue weighted by molar-refractivity contribution is 8.00. The number of nitrogens with one attached hydrogen (secondary N) is 1. The number of fused-ring (bicyclic) bond motifs is 3. The van der Waals surface area contributed by atoms with E-state index in [1.54, 1.807) is 16.7 Å². The van der Waals surface area contributed by atoms with E-state index in [2.05, 4.69) is 29.6 Å². The lowest BCUT2D eigenvalue weighted by molar-refractivity contribution is -0.149. The van der Waals surface area contributed by atoms with Crippen molar-refractivity contribution >= 4 is 29.7 Å². The Hall–Kier alpha value is -3.00. The number of ether oxygens (including phenoxy) is 1. The van der Waals surface area contributed by atoms with Crippen LogP contribution in [-0.2, 0) is 14.3 Å². The minimum absolute atomic E-state index is 0.00236. The Bertz CT molecular complexity index is 1070. The van der Waals surface area contributed by atoms with Crippen molar-refractivity contribution < 1.29 is 24.2 Å². The Morgan fingerprint density at radius 3 is 2.29 bits per heavy atom. The van der Waals surface area contributed by atoms with Gasteiger partial charge in [0.2, 0.25) is 5.91 Å². The van der Waals surface area contributed by atoms with Crippen LogP contribution < -0.4 is 5.32 Å². The molecular weight excluding hydrogens is 464 g/mol. The third-order valence-corrected chi connectivity index (χ3v) is 8.53. The molecule has 35 heavy (non-hydrogen) atoms.